The van der Waals surface area contributed by atoms with Crippen LogP contribution in [-0.4, -0.2) is 21.8 Å². The van der Waals surface area contributed by atoms with Crippen LogP contribution >= 0.6 is 11.6 Å². The smallest absolute Gasteiger partial charge is 0.259 e. The summed E-state index contributed by atoms with van der Waals surface area (Å²) in [5, 5.41) is 12.4. The van der Waals surface area contributed by atoms with Gasteiger partial charge < -0.3 is 10.4 Å². The van der Waals surface area contributed by atoms with E-state index in [1.165, 1.54) is 24.4 Å². The molecule has 0 spiro atoms. The Morgan fingerprint density at radius 2 is 1.81 bits per heavy atom. The standard InChI is InChI=1S/C21H15ClN2O3/c22-18-12-14(8-9-19(18)25)11-17(20(26)15-5-2-1-3-6-15)21(27)24-16-7-4-10-23-13-16/h1-13,25H,(H,24,27). The first-order valence-corrected chi connectivity index (χ1v) is 8.44. The molecule has 0 aliphatic heterocycles. The first-order chi connectivity index (χ1) is 13.0. The van der Waals surface area contributed by atoms with E-state index in [1.807, 2.05) is 0 Å². The largest absolute Gasteiger partial charge is 0.506 e. The summed E-state index contributed by atoms with van der Waals surface area (Å²) in [6.45, 7) is 0. The molecule has 134 valence electrons. The Kier molecular flexibility index (Phi) is 5.64. The third-order valence-corrected chi connectivity index (χ3v) is 4.03. The van der Waals surface area contributed by atoms with Crippen molar-refractivity contribution in [2.75, 3.05) is 5.32 Å². The van der Waals surface area contributed by atoms with E-state index in [1.54, 1.807) is 54.7 Å². The van der Waals surface area contributed by atoms with Gasteiger partial charge in [-0.1, -0.05) is 48.0 Å². The van der Waals surface area contributed by atoms with E-state index in [-0.39, 0.29) is 16.3 Å². The number of nitrogens with zero attached hydrogens (tertiary/aromatic N) is 1. The van der Waals surface area contributed by atoms with E-state index >= 15 is 0 Å². The first-order valence-electron chi connectivity index (χ1n) is 8.06. The van der Waals surface area contributed by atoms with Gasteiger partial charge in [0.2, 0.25) is 0 Å². The first kappa shape index (κ1) is 18.4. The number of carbonyl (C=O) groups is 2. The fourth-order valence-electron chi connectivity index (χ4n) is 2.39. The van der Waals surface area contributed by atoms with Crippen molar-refractivity contribution in [1.82, 2.24) is 4.98 Å². The number of ketones is 1. The third kappa shape index (κ3) is 4.59. The fourth-order valence-corrected chi connectivity index (χ4v) is 2.58. The van der Waals surface area contributed by atoms with Crippen molar-refractivity contribution in [1.29, 1.82) is 0 Å². The summed E-state index contributed by atoms with van der Waals surface area (Å²) in [4.78, 5) is 29.6. The Morgan fingerprint density at radius 3 is 2.48 bits per heavy atom. The molecule has 0 aliphatic carbocycles. The van der Waals surface area contributed by atoms with Gasteiger partial charge in [-0.15, -0.1) is 0 Å². The maximum atomic E-state index is 12.9. The molecule has 27 heavy (non-hydrogen) atoms. The third-order valence-electron chi connectivity index (χ3n) is 3.73. The van der Waals surface area contributed by atoms with Crippen LogP contribution in [0.3, 0.4) is 0 Å². The van der Waals surface area contributed by atoms with Crippen molar-refractivity contribution in [2.24, 2.45) is 0 Å². The maximum Gasteiger partial charge on any atom is 0.259 e. The molecular formula is C21H15ClN2O3. The Labute approximate surface area is 161 Å². The average molecular weight is 379 g/mol. The van der Waals surface area contributed by atoms with Crippen LogP contribution < -0.4 is 5.32 Å². The number of rotatable bonds is 5. The number of phenols is 1. The van der Waals surface area contributed by atoms with Gasteiger partial charge >= 0.3 is 0 Å². The molecule has 1 amide bonds. The van der Waals surface area contributed by atoms with Crippen LogP contribution in [-0.2, 0) is 4.79 Å². The highest BCUT2D eigenvalue weighted by atomic mass is 35.5. The molecule has 3 rings (SSSR count). The number of hydrogen-bond donors (Lipinski definition) is 2. The van der Waals surface area contributed by atoms with Gasteiger partial charge in [0.1, 0.15) is 5.75 Å². The lowest BCUT2D eigenvalue weighted by atomic mass is 10.00. The van der Waals surface area contributed by atoms with Gasteiger partial charge in [0, 0.05) is 11.8 Å². The molecule has 0 atom stereocenters. The van der Waals surface area contributed by atoms with Crippen molar-refractivity contribution < 1.29 is 14.7 Å². The number of aromatic hydroxyl groups is 1. The van der Waals surface area contributed by atoms with Crippen LogP contribution in [0.25, 0.3) is 6.08 Å². The zero-order chi connectivity index (χ0) is 19.2. The average Bonchev–Trinajstić information content (AvgIpc) is 2.69. The molecule has 1 aromatic heterocycles. The second-order valence-corrected chi connectivity index (χ2v) is 6.07. The molecule has 0 aliphatic rings. The van der Waals surface area contributed by atoms with Crippen LogP contribution in [0.4, 0.5) is 5.69 Å². The van der Waals surface area contributed by atoms with Crippen molar-refractivity contribution in [3.63, 3.8) is 0 Å². The summed E-state index contributed by atoms with van der Waals surface area (Å²) >= 11 is 5.93. The van der Waals surface area contributed by atoms with Gasteiger partial charge in [-0.25, -0.2) is 0 Å². The minimum atomic E-state index is -0.568. The van der Waals surface area contributed by atoms with E-state index in [2.05, 4.69) is 10.3 Å². The molecule has 6 heteroatoms. The monoisotopic (exact) mass is 378 g/mol. The molecule has 2 aromatic carbocycles. The van der Waals surface area contributed by atoms with Crippen molar-refractivity contribution in [3.8, 4) is 5.75 Å². The number of halogens is 1. The molecule has 3 aromatic rings. The summed E-state index contributed by atoms with van der Waals surface area (Å²) in [5.74, 6) is -1.08. The van der Waals surface area contributed by atoms with Crippen LogP contribution in [0, 0.1) is 0 Å². The van der Waals surface area contributed by atoms with Crippen molar-refractivity contribution in [2.45, 2.75) is 0 Å². The van der Waals surface area contributed by atoms with Gasteiger partial charge in [0.15, 0.2) is 5.78 Å². The number of amides is 1. The van der Waals surface area contributed by atoms with Gasteiger partial charge in [0.05, 0.1) is 22.5 Å². The molecule has 1 heterocycles. The SMILES string of the molecule is O=C(Nc1cccnc1)C(=Cc1ccc(O)c(Cl)c1)C(=O)c1ccccc1. The molecule has 0 bridgehead atoms. The van der Waals surface area contributed by atoms with E-state index in [0.717, 1.165) is 0 Å². The maximum absolute atomic E-state index is 12.9. The predicted octanol–water partition coefficient (Wildman–Crippen LogP) is 4.35. The molecule has 0 saturated carbocycles. The van der Waals surface area contributed by atoms with Crippen LogP contribution in [0.5, 0.6) is 5.75 Å². The molecule has 5 nitrogen and oxygen atoms in total. The highest BCUT2D eigenvalue weighted by Crippen LogP contribution is 2.25. The molecule has 0 saturated heterocycles. The number of pyridine rings is 1. The lowest BCUT2D eigenvalue weighted by Crippen LogP contribution is -2.20. The number of hydrogen-bond acceptors (Lipinski definition) is 4. The molecule has 0 unspecified atom stereocenters. The molecule has 0 fully saturated rings. The van der Waals surface area contributed by atoms with Crippen molar-refractivity contribution >= 4 is 35.1 Å². The number of carbonyl (C=O) groups excluding carboxylic acids is 2. The van der Waals surface area contributed by atoms with Gasteiger partial charge in [0.25, 0.3) is 5.91 Å². The summed E-state index contributed by atoms with van der Waals surface area (Å²) in [6.07, 6.45) is 4.51. The van der Waals surface area contributed by atoms with Gasteiger partial charge in [-0.3, -0.25) is 14.6 Å². The predicted molar refractivity (Wildman–Crippen MR) is 105 cm³/mol. The highest BCUT2D eigenvalue weighted by Gasteiger charge is 2.20. The molecular weight excluding hydrogens is 364 g/mol. The molecule has 2 N–H and O–H groups in total. The fraction of sp³-hybridized carbons (Fsp3) is 0. The van der Waals surface area contributed by atoms with E-state index in [4.69, 9.17) is 11.6 Å². The number of nitrogens with one attached hydrogen (secondary N) is 1. The quantitative estimate of drug-likeness (QED) is 0.299. The summed E-state index contributed by atoms with van der Waals surface area (Å²) in [5.41, 5.74) is 1.30. The van der Waals surface area contributed by atoms with E-state index < -0.39 is 11.7 Å². The summed E-state index contributed by atoms with van der Waals surface area (Å²) < 4.78 is 0. The van der Waals surface area contributed by atoms with Crippen LogP contribution in [0.2, 0.25) is 5.02 Å². The number of benzene rings is 2. The Morgan fingerprint density at radius 1 is 1.04 bits per heavy atom. The zero-order valence-corrected chi connectivity index (χ0v) is 14.9. The Bertz CT molecular complexity index is 1000. The lowest BCUT2D eigenvalue weighted by molar-refractivity contribution is -0.112. The van der Waals surface area contributed by atoms with Crippen LogP contribution in [0.1, 0.15) is 15.9 Å². The number of aromatic nitrogens is 1. The molecule has 0 radical (unpaired) electrons. The zero-order valence-electron chi connectivity index (χ0n) is 14.1. The normalized spacial score (nSPS) is 11.1. The number of phenolic OH excluding ortho intramolecular Hbond substituents is 1. The lowest BCUT2D eigenvalue weighted by Gasteiger charge is -2.09. The van der Waals surface area contributed by atoms with Crippen LogP contribution in [0.15, 0.2) is 78.6 Å². The topological polar surface area (TPSA) is 79.3 Å². The number of Topliss-reactive ketones (excluding diaryl/α,β-unsaturated/α-hetero) is 1. The Hall–Kier alpha value is -3.44. The summed E-state index contributed by atoms with van der Waals surface area (Å²) in [7, 11) is 0. The number of anilines is 1. The second-order valence-electron chi connectivity index (χ2n) is 5.66. The highest BCUT2D eigenvalue weighted by molar-refractivity contribution is 6.33. The van der Waals surface area contributed by atoms with E-state index in [0.29, 0.717) is 16.8 Å². The van der Waals surface area contributed by atoms with Gasteiger partial charge in [-0.2, -0.15) is 0 Å². The second kappa shape index (κ2) is 8.29. The minimum absolute atomic E-state index is 0.0631. The van der Waals surface area contributed by atoms with Crippen molar-refractivity contribution in [3.05, 3.63) is 94.8 Å². The minimum Gasteiger partial charge on any atom is -0.506 e. The van der Waals surface area contributed by atoms with E-state index in [9.17, 15) is 14.7 Å². The summed E-state index contributed by atoms with van der Waals surface area (Å²) in [6, 6.07) is 16.3. The Balaban J connectivity index is 2.00. The van der Waals surface area contributed by atoms with Gasteiger partial charge in [-0.05, 0) is 35.9 Å².